The van der Waals surface area contributed by atoms with Gasteiger partial charge < -0.3 is 0 Å². The lowest BCUT2D eigenvalue weighted by atomic mass is 10.0. The highest BCUT2D eigenvalue weighted by molar-refractivity contribution is 7.86. The van der Waals surface area contributed by atoms with Gasteiger partial charge in [-0.1, -0.05) is 81.9 Å². The van der Waals surface area contributed by atoms with Crippen LogP contribution < -0.4 is 0 Å². The van der Waals surface area contributed by atoms with E-state index in [1.165, 1.54) is 51.4 Å². The summed E-state index contributed by atoms with van der Waals surface area (Å²) in [6.07, 6.45) is 13.9. The van der Waals surface area contributed by atoms with Crippen LogP contribution in [0, 0.1) is 6.92 Å². The van der Waals surface area contributed by atoms with E-state index in [4.69, 9.17) is 4.18 Å². The highest BCUT2D eigenvalue weighted by atomic mass is 32.2. The number of rotatable bonds is 3. The maximum absolute atomic E-state index is 12.5. The summed E-state index contributed by atoms with van der Waals surface area (Å²) in [6, 6.07) is 6.93. The van der Waals surface area contributed by atoms with Crippen LogP contribution in [0.25, 0.3) is 0 Å². The average molecular weight is 353 g/mol. The molecule has 1 saturated carbocycles. The van der Waals surface area contributed by atoms with Crippen LogP contribution in [0.5, 0.6) is 0 Å². The third-order valence-electron chi connectivity index (χ3n) is 4.87. The summed E-state index contributed by atoms with van der Waals surface area (Å²) >= 11 is 0. The molecular weight excluding hydrogens is 320 g/mol. The van der Waals surface area contributed by atoms with Gasteiger partial charge in [-0.3, -0.25) is 4.18 Å². The molecule has 136 valence electrons. The molecule has 0 saturated heterocycles. The van der Waals surface area contributed by atoms with E-state index in [0.29, 0.717) is 0 Å². The van der Waals surface area contributed by atoms with Crippen LogP contribution in [-0.4, -0.2) is 14.5 Å². The number of hydrogen-bond donors (Lipinski definition) is 0. The van der Waals surface area contributed by atoms with Gasteiger partial charge in [-0.05, 0) is 31.9 Å². The molecule has 1 aliphatic carbocycles. The van der Waals surface area contributed by atoms with E-state index in [1.54, 1.807) is 12.1 Å². The maximum atomic E-state index is 12.5. The summed E-state index contributed by atoms with van der Waals surface area (Å²) in [6.45, 7) is 1.95. The summed E-state index contributed by atoms with van der Waals surface area (Å²) in [7, 11) is -3.65. The lowest BCUT2D eigenvalue weighted by Crippen LogP contribution is -2.19. The molecule has 0 spiro atoms. The Bertz CT molecular complexity index is 549. The zero-order valence-corrected chi connectivity index (χ0v) is 15.8. The predicted molar refractivity (Wildman–Crippen MR) is 98.6 cm³/mol. The molecule has 2 rings (SSSR count). The molecule has 1 aromatic rings. The van der Waals surface area contributed by atoms with E-state index < -0.39 is 10.1 Å². The highest BCUT2D eigenvalue weighted by Crippen LogP contribution is 2.23. The van der Waals surface area contributed by atoms with Gasteiger partial charge in [0.25, 0.3) is 10.1 Å². The SMILES string of the molecule is Cc1ccc(S(=O)(=O)OC2CCCCCCCCCCCC2)cc1. The average Bonchev–Trinajstić information content (AvgIpc) is 2.57. The molecule has 0 radical (unpaired) electrons. The topological polar surface area (TPSA) is 43.4 Å². The maximum Gasteiger partial charge on any atom is 0.297 e. The Morgan fingerprint density at radius 3 is 1.62 bits per heavy atom. The van der Waals surface area contributed by atoms with Crippen LogP contribution in [0.2, 0.25) is 0 Å². The first-order valence-corrected chi connectivity index (χ1v) is 11.0. The van der Waals surface area contributed by atoms with Gasteiger partial charge in [-0.15, -0.1) is 0 Å². The molecule has 0 aromatic heterocycles. The smallest absolute Gasteiger partial charge is 0.263 e. The first kappa shape index (κ1) is 19.5. The van der Waals surface area contributed by atoms with E-state index in [2.05, 4.69) is 0 Å². The van der Waals surface area contributed by atoms with Crippen LogP contribution in [-0.2, 0) is 14.3 Å². The standard InChI is InChI=1S/C20H32O3S/c1-18-14-16-20(17-15-18)24(21,22)23-19-12-10-8-6-4-2-3-5-7-9-11-13-19/h14-17,19H,2-13H2,1H3. The van der Waals surface area contributed by atoms with Crippen LogP contribution in [0.3, 0.4) is 0 Å². The fourth-order valence-electron chi connectivity index (χ4n) is 3.34. The first-order valence-electron chi connectivity index (χ1n) is 9.58. The van der Waals surface area contributed by atoms with E-state index in [0.717, 1.165) is 31.2 Å². The van der Waals surface area contributed by atoms with Gasteiger partial charge in [0.15, 0.2) is 0 Å². The summed E-state index contributed by atoms with van der Waals surface area (Å²) in [5.74, 6) is 0. The molecule has 0 aliphatic heterocycles. The van der Waals surface area contributed by atoms with Gasteiger partial charge in [0.05, 0.1) is 11.0 Å². The molecule has 3 nitrogen and oxygen atoms in total. The van der Waals surface area contributed by atoms with Gasteiger partial charge >= 0.3 is 0 Å². The second-order valence-electron chi connectivity index (χ2n) is 7.10. The predicted octanol–water partition coefficient (Wildman–Crippen LogP) is 5.76. The molecular formula is C20H32O3S. The molecule has 0 atom stereocenters. The van der Waals surface area contributed by atoms with Crippen molar-refractivity contribution in [2.24, 2.45) is 0 Å². The summed E-state index contributed by atoms with van der Waals surface area (Å²) in [5, 5.41) is 0. The number of aryl methyl sites for hydroxylation is 1. The van der Waals surface area contributed by atoms with Gasteiger partial charge in [0.2, 0.25) is 0 Å². The summed E-state index contributed by atoms with van der Waals surface area (Å²) in [5.41, 5.74) is 1.05. The van der Waals surface area contributed by atoms with Crippen molar-refractivity contribution >= 4 is 10.1 Å². The van der Waals surface area contributed by atoms with Crippen LogP contribution in [0.4, 0.5) is 0 Å². The molecule has 0 bridgehead atoms. The largest absolute Gasteiger partial charge is 0.297 e. The monoisotopic (exact) mass is 352 g/mol. The van der Waals surface area contributed by atoms with E-state index in [-0.39, 0.29) is 11.0 Å². The van der Waals surface area contributed by atoms with Crippen molar-refractivity contribution in [3.63, 3.8) is 0 Å². The van der Waals surface area contributed by atoms with Gasteiger partial charge in [0.1, 0.15) is 0 Å². The van der Waals surface area contributed by atoms with Crippen molar-refractivity contribution in [2.45, 2.75) is 95.0 Å². The van der Waals surface area contributed by atoms with Gasteiger partial charge in [0, 0.05) is 0 Å². The minimum absolute atomic E-state index is 0.169. The Balaban J connectivity index is 1.96. The minimum atomic E-state index is -3.65. The normalized spacial score (nSPS) is 19.9. The molecule has 1 fully saturated rings. The summed E-state index contributed by atoms with van der Waals surface area (Å²) < 4.78 is 30.7. The Morgan fingerprint density at radius 1 is 0.750 bits per heavy atom. The molecule has 0 amide bonds. The molecule has 24 heavy (non-hydrogen) atoms. The van der Waals surface area contributed by atoms with E-state index in [1.807, 2.05) is 19.1 Å². The molecule has 1 aliphatic rings. The lowest BCUT2D eigenvalue weighted by Gasteiger charge is -2.17. The second kappa shape index (κ2) is 10.2. The van der Waals surface area contributed by atoms with Crippen molar-refractivity contribution in [1.29, 1.82) is 0 Å². The zero-order chi connectivity index (χ0) is 17.3. The third-order valence-corrected chi connectivity index (χ3v) is 6.25. The van der Waals surface area contributed by atoms with E-state index in [9.17, 15) is 8.42 Å². The first-order chi connectivity index (χ1) is 11.6. The minimum Gasteiger partial charge on any atom is -0.263 e. The fourth-order valence-corrected chi connectivity index (χ4v) is 4.47. The number of benzene rings is 1. The van der Waals surface area contributed by atoms with Crippen molar-refractivity contribution in [2.75, 3.05) is 0 Å². The molecule has 4 heteroatoms. The highest BCUT2D eigenvalue weighted by Gasteiger charge is 2.21. The van der Waals surface area contributed by atoms with Gasteiger partial charge in [-0.25, -0.2) is 0 Å². The van der Waals surface area contributed by atoms with E-state index >= 15 is 0 Å². The van der Waals surface area contributed by atoms with Gasteiger partial charge in [-0.2, -0.15) is 8.42 Å². The van der Waals surface area contributed by atoms with Crippen molar-refractivity contribution in [3.8, 4) is 0 Å². The van der Waals surface area contributed by atoms with Crippen LogP contribution >= 0.6 is 0 Å². The Morgan fingerprint density at radius 2 is 1.17 bits per heavy atom. The quantitative estimate of drug-likeness (QED) is 0.649. The van der Waals surface area contributed by atoms with Crippen LogP contribution in [0.1, 0.15) is 82.6 Å². The second-order valence-corrected chi connectivity index (χ2v) is 8.67. The Hall–Kier alpha value is -0.870. The third kappa shape index (κ3) is 6.94. The van der Waals surface area contributed by atoms with Crippen molar-refractivity contribution < 1.29 is 12.6 Å². The lowest BCUT2D eigenvalue weighted by molar-refractivity contribution is 0.180. The summed E-state index contributed by atoms with van der Waals surface area (Å²) in [4.78, 5) is 0.274. The zero-order valence-electron chi connectivity index (χ0n) is 15.0. The van der Waals surface area contributed by atoms with Crippen LogP contribution in [0.15, 0.2) is 29.2 Å². The molecule has 0 N–H and O–H groups in total. The molecule has 0 heterocycles. The molecule has 0 unspecified atom stereocenters. The number of hydrogen-bond acceptors (Lipinski definition) is 3. The molecule has 1 aromatic carbocycles. The fraction of sp³-hybridized carbons (Fsp3) is 0.700. The van der Waals surface area contributed by atoms with Crippen molar-refractivity contribution in [1.82, 2.24) is 0 Å². The Kier molecular flexibility index (Phi) is 8.26. The van der Waals surface area contributed by atoms with Crippen molar-refractivity contribution in [3.05, 3.63) is 29.8 Å². The Labute approximate surface area is 147 Å².